The molecule has 0 fully saturated rings. The predicted octanol–water partition coefficient (Wildman–Crippen LogP) is -1.69. The highest BCUT2D eigenvalue weighted by molar-refractivity contribution is 7.87. The number of nitrogens with two attached hydrogens (primary N) is 2. The summed E-state index contributed by atoms with van der Waals surface area (Å²) in [6.45, 7) is -1.81. The van der Waals surface area contributed by atoms with Crippen LogP contribution in [0.3, 0.4) is 0 Å². The number of carbonyl (C=O) groups is 1. The Morgan fingerprint density at radius 1 is 1.09 bits per heavy atom. The van der Waals surface area contributed by atoms with Crippen LogP contribution in [0.1, 0.15) is 12.0 Å². The largest absolute Gasteiger partial charge is 0.395 e. The SMILES string of the molecule is NCCC(O)C(CO)(CO)c1cc(S(=O)(=O)O)c2cccc(S(=O)(=O)ONC(N)=O)c2c1. The number of urea groups is 1. The number of rotatable bonds is 10. The van der Waals surface area contributed by atoms with E-state index in [1.165, 1.54) is 11.5 Å². The summed E-state index contributed by atoms with van der Waals surface area (Å²) < 4.78 is 63.4. The minimum atomic E-state index is -4.95. The van der Waals surface area contributed by atoms with Gasteiger partial charge >= 0.3 is 16.1 Å². The second-order valence-corrected chi connectivity index (χ2v) is 9.77. The minimum absolute atomic E-state index is 0.0477. The van der Waals surface area contributed by atoms with Crippen LogP contribution in [-0.2, 0) is 29.9 Å². The number of primary amides is 1. The minimum Gasteiger partial charge on any atom is -0.395 e. The van der Waals surface area contributed by atoms with Crippen molar-refractivity contribution < 1.29 is 45.8 Å². The van der Waals surface area contributed by atoms with Crippen molar-refractivity contribution in [1.29, 1.82) is 0 Å². The molecule has 9 N–H and O–H groups in total. The number of fused-ring (bicyclic) bond motifs is 1. The van der Waals surface area contributed by atoms with Gasteiger partial charge in [0, 0.05) is 10.8 Å². The smallest absolute Gasteiger partial charge is 0.337 e. The molecule has 1 unspecified atom stereocenters. The van der Waals surface area contributed by atoms with E-state index >= 15 is 0 Å². The lowest BCUT2D eigenvalue weighted by Gasteiger charge is -2.35. The fourth-order valence-electron chi connectivity index (χ4n) is 3.25. The summed E-state index contributed by atoms with van der Waals surface area (Å²) in [7, 11) is -9.70. The molecule has 178 valence electrons. The van der Waals surface area contributed by atoms with Crippen LogP contribution in [0.2, 0.25) is 0 Å². The highest BCUT2D eigenvalue weighted by atomic mass is 32.2. The van der Waals surface area contributed by atoms with Crippen LogP contribution in [0, 0.1) is 0 Å². The zero-order valence-electron chi connectivity index (χ0n) is 16.5. The molecule has 0 radical (unpaired) electrons. The summed E-state index contributed by atoms with van der Waals surface area (Å²) in [5, 5.41) is 30.0. The molecular weight excluding hydrogens is 470 g/mol. The summed E-state index contributed by atoms with van der Waals surface area (Å²) in [5.74, 6) is 0. The molecule has 0 saturated carbocycles. The van der Waals surface area contributed by atoms with Gasteiger partial charge in [-0.1, -0.05) is 12.1 Å². The van der Waals surface area contributed by atoms with Crippen LogP contribution in [0.4, 0.5) is 4.79 Å². The standard InChI is InChI=1S/C17H23N3O10S2/c18-5-4-15(23)17(8-21,9-22)10-6-12-11(14(7-10)31(25,26)27)2-1-3-13(12)32(28,29)30-20-16(19)24/h1-3,6-7,15,21-23H,4-5,8-9,18H2,(H3,19,20,24)(H,25,26,27). The van der Waals surface area contributed by atoms with E-state index in [0.29, 0.717) is 0 Å². The van der Waals surface area contributed by atoms with Crippen molar-refractivity contribution in [2.75, 3.05) is 19.8 Å². The molecule has 0 heterocycles. The number of aliphatic hydroxyl groups excluding tert-OH is 3. The third kappa shape index (κ3) is 5.00. The maximum Gasteiger partial charge on any atom is 0.337 e. The second-order valence-electron chi connectivity index (χ2n) is 6.87. The molecule has 1 atom stereocenters. The molecule has 0 aliphatic heterocycles. The van der Waals surface area contributed by atoms with Gasteiger partial charge in [-0.15, -0.1) is 4.28 Å². The highest BCUT2D eigenvalue weighted by Gasteiger charge is 2.40. The van der Waals surface area contributed by atoms with Crippen molar-refractivity contribution >= 4 is 37.0 Å². The fourth-order valence-corrected chi connectivity index (χ4v) is 4.95. The lowest BCUT2D eigenvalue weighted by molar-refractivity contribution is -0.00133. The molecule has 2 rings (SSSR count). The molecule has 0 aromatic heterocycles. The molecule has 2 aromatic rings. The number of amides is 2. The van der Waals surface area contributed by atoms with E-state index in [0.717, 1.165) is 24.3 Å². The van der Waals surface area contributed by atoms with Crippen molar-refractivity contribution in [3.8, 4) is 0 Å². The number of hydroxylamine groups is 1. The number of hydrogen-bond acceptors (Lipinski definition) is 10. The zero-order valence-corrected chi connectivity index (χ0v) is 18.1. The van der Waals surface area contributed by atoms with Crippen LogP contribution in [0.25, 0.3) is 10.8 Å². The second kappa shape index (κ2) is 9.63. The van der Waals surface area contributed by atoms with Gasteiger partial charge in [-0.05, 0) is 36.7 Å². The van der Waals surface area contributed by atoms with Crippen molar-refractivity contribution in [3.05, 3.63) is 35.9 Å². The summed E-state index contributed by atoms with van der Waals surface area (Å²) in [5.41, 5.74) is 9.63. The third-order valence-electron chi connectivity index (χ3n) is 4.93. The molecule has 2 aromatic carbocycles. The van der Waals surface area contributed by atoms with Crippen LogP contribution in [0.5, 0.6) is 0 Å². The van der Waals surface area contributed by atoms with E-state index in [1.807, 2.05) is 0 Å². The van der Waals surface area contributed by atoms with Crippen molar-refractivity contribution in [2.24, 2.45) is 11.5 Å². The van der Waals surface area contributed by atoms with Gasteiger partial charge in [-0.3, -0.25) is 4.55 Å². The van der Waals surface area contributed by atoms with Crippen LogP contribution < -0.4 is 16.9 Å². The number of benzene rings is 2. The number of nitrogens with one attached hydrogen (secondary N) is 1. The molecule has 2 amide bonds. The lowest BCUT2D eigenvalue weighted by Crippen LogP contribution is -2.47. The first-order chi connectivity index (χ1) is 14.8. The Labute approximate surface area is 183 Å². The van der Waals surface area contributed by atoms with E-state index in [2.05, 4.69) is 4.28 Å². The van der Waals surface area contributed by atoms with E-state index in [4.69, 9.17) is 11.5 Å². The van der Waals surface area contributed by atoms with Gasteiger partial charge in [-0.2, -0.15) is 22.3 Å². The van der Waals surface area contributed by atoms with Gasteiger partial charge in [0.15, 0.2) is 0 Å². The highest BCUT2D eigenvalue weighted by Crippen LogP contribution is 2.37. The van der Waals surface area contributed by atoms with Gasteiger partial charge in [-0.25, -0.2) is 4.79 Å². The van der Waals surface area contributed by atoms with Crippen LogP contribution >= 0.6 is 0 Å². The Balaban J connectivity index is 2.96. The van der Waals surface area contributed by atoms with Crippen molar-refractivity contribution in [3.63, 3.8) is 0 Å². The Hall–Kier alpha value is -2.37. The van der Waals surface area contributed by atoms with Crippen molar-refractivity contribution in [2.45, 2.75) is 27.7 Å². The molecule has 15 heteroatoms. The maximum atomic E-state index is 12.6. The summed E-state index contributed by atoms with van der Waals surface area (Å²) in [6.07, 6.45) is -1.57. The maximum absolute atomic E-state index is 12.6. The Bertz CT molecular complexity index is 1210. The molecular formula is C17H23N3O10S2. The zero-order chi connectivity index (χ0) is 24.3. The summed E-state index contributed by atoms with van der Waals surface area (Å²) in [4.78, 5) is 9.46. The van der Waals surface area contributed by atoms with Crippen LogP contribution in [0.15, 0.2) is 40.1 Å². The van der Waals surface area contributed by atoms with E-state index in [1.54, 1.807) is 0 Å². The molecule has 0 bridgehead atoms. The molecule has 0 aliphatic rings. The third-order valence-corrected chi connectivity index (χ3v) is 7.03. The van der Waals surface area contributed by atoms with Gasteiger partial charge in [0.25, 0.3) is 10.1 Å². The average molecular weight is 494 g/mol. The summed E-state index contributed by atoms with van der Waals surface area (Å²) >= 11 is 0. The fraction of sp³-hybridized carbons (Fsp3) is 0.353. The molecule has 0 spiro atoms. The molecule has 13 nitrogen and oxygen atoms in total. The molecule has 0 aliphatic carbocycles. The van der Waals surface area contributed by atoms with Crippen LogP contribution in [-0.4, -0.2) is 68.6 Å². The quantitative estimate of drug-likeness (QED) is 0.145. The predicted molar refractivity (Wildman–Crippen MR) is 110 cm³/mol. The summed E-state index contributed by atoms with van der Waals surface area (Å²) in [6, 6.07) is 4.06. The Kier molecular flexibility index (Phi) is 7.79. The van der Waals surface area contributed by atoms with E-state index in [-0.39, 0.29) is 29.3 Å². The van der Waals surface area contributed by atoms with E-state index < -0.39 is 60.8 Å². The first-order valence-corrected chi connectivity index (χ1v) is 11.8. The first-order valence-electron chi connectivity index (χ1n) is 8.97. The lowest BCUT2D eigenvalue weighted by atomic mass is 9.75. The Morgan fingerprint density at radius 2 is 1.72 bits per heavy atom. The normalized spacial score (nSPS) is 13.8. The van der Waals surface area contributed by atoms with Gasteiger partial charge < -0.3 is 26.8 Å². The van der Waals surface area contributed by atoms with Gasteiger partial charge in [0.1, 0.15) is 9.79 Å². The molecule has 0 saturated heterocycles. The monoisotopic (exact) mass is 493 g/mol. The van der Waals surface area contributed by atoms with E-state index in [9.17, 15) is 41.5 Å². The Morgan fingerprint density at radius 3 is 2.22 bits per heavy atom. The topological polar surface area (TPSA) is 240 Å². The number of carbonyl (C=O) groups excluding carboxylic acids is 1. The van der Waals surface area contributed by atoms with Gasteiger partial charge in [0.2, 0.25) is 0 Å². The first kappa shape index (κ1) is 25.9. The molecule has 32 heavy (non-hydrogen) atoms. The number of aliphatic hydroxyl groups is 3. The van der Waals surface area contributed by atoms with Gasteiger partial charge in [0.05, 0.1) is 24.7 Å². The number of hydrogen-bond donors (Lipinski definition) is 7. The van der Waals surface area contributed by atoms with Crippen molar-refractivity contribution in [1.82, 2.24) is 5.48 Å². The average Bonchev–Trinajstić information content (AvgIpc) is 2.72.